The van der Waals surface area contributed by atoms with Gasteiger partial charge in [0.25, 0.3) is 0 Å². The molecule has 0 aromatic heterocycles. The fraction of sp³-hybridized carbons (Fsp3) is 0.235. The van der Waals surface area contributed by atoms with Crippen molar-refractivity contribution >= 4 is 39.3 Å². The number of nitrogens with one attached hydrogen (secondary N) is 2. The first-order valence-electron chi connectivity index (χ1n) is 7.52. The predicted molar refractivity (Wildman–Crippen MR) is 102 cm³/mol. The van der Waals surface area contributed by atoms with Crippen LogP contribution in [0.15, 0.2) is 53.4 Å². The van der Waals surface area contributed by atoms with Crippen molar-refractivity contribution in [1.82, 2.24) is 10.0 Å². The van der Waals surface area contributed by atoms with Crippen LogP contribution in [0, 0.1) is 0 Å². The molecule has 0 saturated heterocycles. The van der Waals surface area contributed by atoms with E-state index in [2.05, 4.69) is 10.0 Å². The molecule has 2 rings (SSSR count). The maximum absolute atomic E-state index is 11.9. The SMILES string of the molecule is CNS(=O)(=O)Cc1ccc(CNC(=O)CSc2ccc(Cl)cc2)cc1. The summed E-state index contributed by atoms with van der Waals surface area (Å²) in [5.41, 5.74) is 1.61. The maximum Gasteiger partial charge on any atom is 0.230 e. The predicted octanol–water partition coefficient (Wildman–Crippen LogP) is 2.80. The highest BCUT2D eigenvalue weighted by Gasteiger charge is 2.08. The lowest BCUT2D eigenvalue weighted by Gasteiger charge is -2.07. The Kier molecular flexibility index (Phi) is 7.31. The molecular formula is C17H19ClN2O3S2. The highest BCUT2D eigenvalue weighted by Crippen LogP contribution is 2.20. The van der Waals surface area contributed by atoms with E-state index in [0.29, 0.717) is 22.9 Å². The number of halogens is 1. The van der Waals surface area contributed by atoms with E-state index in [0.717, 1.165) is 10.5 Å². The van der Waals surface area contributed by atoms with Gasteiger partial charge < -0.3 is 5.32 Å². The van der Waals surface area contributed by atoms with Crippen molar-refractivity contribution in [3.8, 4) is 0 Å². The zero-order valence-corrected chi connectivity index (χ0v) is 16.0. The summed E-state index contributed by atoms with van der Waals surface area (Å²) in [6.07, 6.45) is 0. The van der Waals surface area contributed by atoms with Gasteiger partial charge in [0.1, 0.15) is 0 Å². The molecule has 8 heteroatoms. The second-order valence-electron chi connectivity index (χ2n) is 5.30. The van der Waals surface area contributed by atoms with E-state index in [-0.39, 0.29) is 11.7 Å². The molecule has 1 amide bonds. The second-order valence-corrected chi connectivity index (χ2v) is 8.71. The quantitative estimate of drug-likeness (QED) is 0.670. The van der Waals surface area contributed by atoms with Crippen molar-refractivity contribution in [3.05, 3.63) is 64.7 Å². The Labute approximate surface area is 157 Å². The number of hydrogen-bond acceptors (Lipinski definition) is 4. The van der Waals surface area contributed by atoms with Gasteiger partial charge in [-0.25, -0.2) is 13.1 Å². The van der Waals surface area contributed by atoms with Gasteiger partial charge in [0, 0.05) is 16.5 Å². The van der Waals surface area contributed by atoms with Crippen LogP contribution in [0.25, 0.3) is 0 Å². The first kappa shape index (κ1) is 19.8. The number of carbonyl (C=O) groups excluding carboxylic acids is 1. The summed E-state index contributed by atoms with van der Waals surface area (Å²) < 4.78 is 25.3. The van der Waals surface area contributed by atoms with E-state index >= 15 is 0 Å². The van der Waals surface area contributed by atoms with E-state index < -0.39 is 10.0 Å². The van der Waals surface area contributed by atoms with Crippen LogP contribution < -0.4 is 10.0 Å². The van der Waals surface area contributed by atoms with Crippen LogP contribution >= 0.6 is 23.4 Å². The Morgan fingerprint density at radius 2 is 1.64 bits per heavy atom. The smallest absolute Gasteiger partial charge is 0.230 e. The average Bonchev–Trinajstić information content (AvgIpc) is 2.60. The molecule has 5 nitrogen and oxygen atoms in total. The summed E-state index contributed by atoms with van der Waals surface area (Å²) in [6, 6.07) is 14.4. The number of rotatable bonds is 8. The maximum atomic E-state index is 11.9. The molecule has 0 aliphatic carbocycles. The lowest BCUT2D eigenvalue weighted by Crippen LogP contribution is -2.24. The van der Waals surface area contributed by atoms with Crippen LogP contribution in [0.2, 0.25) is 5.02 Å². The minimum atomic E-state index is -3.28. The van der Waals surface area contributed by atoms with E-state index in [1.54, 1.807) is 24.3 Å². The third-order valence-electron chi connectivity index (χ3n) is 3.36. The van der Waals surface area contributed by atoms with E-state index in [1.165, 1.54) is 18.8 Å². The van der Waals surface area contributed by atoms with Gasteiger partial charge in [0.05, 0.1) is 11.5 Å². The number of benzene rings is 2. The zero-order chi connectivity index (χ0) is 18.3. The van der Waals surface area contributed by atoms with Gasteiger partial charge >= 0.3 is 0 Å². The molecule has 0 unspecified atom stereocenters. The summed E-state index contributed by atoms with van der Waals surface area (Å²) in [4.78, 5) is 12.9. The Bertz CT molecular complexity index is 807. The molecule has 2 N–H and O–H groups in total. The highest BCUT2D eigenvalue weighted by atomic mass is 35.5. The molecule has 0 heterocycles. The minimum Gasteiger partial charge on any atom is -0.351 e. The van der Waals surface area contributed by atoms with Crippen molar-refractivity contribution in [2.45, 2.75) is 17.2 Å². The third-order valence-corrected chi connectivity index (χ3v) is 5.96. The first-order valence-corrected chi connectivity index (χ1v) is 10.5. The van der Waals surface area contributed by atoms with E-state index in [9.17, 15) is 13.2 Å². The van der Waals surface area contributed by atoms with Gasteiger partial charge in [-0.15, -0.1) is 11.8 Å². The number of sulfonamides is 1. The number of carbonyl (C=O) groups is 1. The number of thioether (sulfide) groups is 1. The summed E-state index contributed by atoms with van der Waals surface area (Å²) >= 11 is 7.26. The van der Waals surface area contributed by atoms with Crippen LogP contribution in [-0.2, 0) is 27.1 Å². The Morgan fingerprint density at radius 1 is 1.04 bits per heavy atom. The Hall–Kier alpha value is -1.54. The molecule has 0 bridgehead atoms. The Balaban J connectivity index is 1.78. The normalized spacial score (nSPS) is 11.3. The molecule has 2 aromatic carbocycles. The number of hydrogen-bond donors (Lipinski definition) is 2. The monoisotopic (exact) mass is 398 g/mol. The standard InChI is InChI=1S/C17H19ClN2O3S2/c1-19-25(22,23)12-14-4-2-13(3-5-14)10-20-17(21)11-24-16-8-6-15(18)7-9-16/h2-9,19H,10-12H2,1H3,(H,20,21). The Morgan fingerprint density at radius 3 is 2.24 bits per heavy atom. The van der Waals surface area contributed by atoms with Gasteiger partial charge in [-0.2, -0.15) is 0 Å². The summed E-state index contributed by atoms with van der Waals surface area (Å²) in [5.74, 6) is 0.190. The van der Waals surface area contributed by atoms with Crippen LogP contribution in [0.5, 0.6) is 0 Å². The van der Waals surface area contributed by atoms with Gasteiger partial charge in [-0.3, -0.25) is 4.79 Å². The van der Waals surface area contributed by atoms with Gasteiger partial charge in [0.2, 0.25) is 15.9 Å². The molecule has 2 aromatic rings. The van der Waals surface area contributed by atoms with Crippen molar-refractivity contribution < 1.29 is 13.2 Å². The largest absolute Gasteiger partial charge is 0.351 e. The van der Waals surface area contributed by atoms with E-state index in [4.69, 9.17) is 11.6 Å². The fourth-order valence-electron chi connectivity index (χ4n) is 1.98. The van der Waals surface area contributed by atoms with Crippen LogP contribution in [0.1, 0.15) is 11.1 Å². The topological polar surface area (TPSA) is 75.3 Å². The average molecular weight is 399 g/mol. The summed E-state index contributed by atoms with van der Waals surface area (Å²) in [7, 11) is -1.89. The van der Waals surface area contributed by atoms with Gasteiger partial charge in [-0.1, -0.05) is 35.9 Å². The molecule has 0 spiro atoms. The molecule has 0 fully saturated rings. The van der Waals surface area contributed by atoms with Crippen LogP contribution in [0.3, 0.4) is 0 Å². The second kappa shape index (κ2) is 9.24. The number of amides is 1. The summed E-state index contributed by atoms with van der Waals surface area (Å²) in [6.45, 7) is 0.402. The van der Waals surface area contributed by atoms with Gasteiger partial charge in [0.15, 0.2) is 0 Å². The fourth-order valence-corrected chi connectivity index (χ4v) is 3.61. The molecule has 25 heavy (non-hydrogen) atoms. The minimum absolute atomic E-state index is 0.0616. The molecule has 134 valence electrons. The molecule has 0 aliphatic heterocycles. The molecule has 0 saturated carbocycles. The lowest BCUT2D eigenvalue weighted by atomic mass is 10.1. The van der Waals surface area contributed by atoms with Crippen molar-refractivity contribution in [3.63, 3.8) is 0 Å². The van der Waals surface area contributed by atoms with Crippen molar-refractivity contribution in [2.24, 2.45) is 0 Å². The van der Waals surface area contributed by atoms with Crippen LogP contribution in [0.4, 0.5) is 0 Å². The molecule has 0 radical (unpaired) electrons. The third kappa shape index (κ3) is 7.07. The molecule has 0 atom stereocenters. The zero-order valence-electron chi connectivity index (χ0n) is 13.7. The van der Waals surface area contributed by atoms with Crippen molar-refractivity contribution in [1.29, 1.82) is 0 Å². The highest BCUT2D eigenvalue weighted by molar-refractivity contribution is 8.00. The molecule has 0 aliphatic rings. The first-order chi connectivity index (χ1) is 11.9. The molecular weight excluding hydrogens is 380 g/mol. The lowest BCUT2D eigenvalue weighted by molar-refractivity contribution is -0.118. The van der Waals surface area contributed by atoms with Crippen molar-refractivity contribution in [2.75, 3.05) is 12.8 Å². The van der Waals surface area contributed by atoms with Crippen LogP contribution in [-0.4, -0.2) is 27.1 Å². The summed E-state index contributed by atoms with van der Waals surface area (Å²) in [5, 5.41) is 3.51. The van der Waals surface area contributed by atoms with E-state index in [1.807, 2.05) is 24.3 Å². The van der Waals surface area contributed by atoms with Gasteiger partial charge in [-0.05, 0) is 42.4 Å².